The number of urea groups is 1. The molecule has 5 rings (SSSR count). The van der Waals surface area contributed by atoms with E-state index in [4.69, 9.17) is 10.00 Å². The summed E-state index contributed by atoms with van der Waals surface area (Å²) in [5.74, 6) is -1.18. The van der Waals surface area contributed by atoms with Crippen molar-refractivity contribution in [1.82, 2.24) is 19.7 Å². The molecule has 4 aromatic rings. The van der Waals surface area contributed by atoms with E-state index < -0.39 is 29.4 Å². The van der Waals surface area contributed by atoms with Crippen molar-refractivity contribution in [3.8, 4) is 23.3 Å². The third kappa shape index (κ3) is 6.02. The third-order valence-corrected chi connectivity index (χ3v) is 6.11. The maximum Gasteiger partial charge on any atom is 0.323 e. The van der Waals surface area contributed by atoms with Gasteiger partial charge in [-0.3, -0.25) is 14.9 Å². The predicted octanol–water partition coefficient (Wildman–Crippen LogP) is 3.20. The van der Waals surface area contributed by atoms with Gasteiger partial charge >= 0.3 is 6.03 Å². The van der Waals surface area contributed by atoms with Crippen LogP contribution < -0.4 is 20.9 Å². The summed E-state index contributed by atoms with van der Waals surface area (Å²) in [4.78, 5) is 43.1. The van der Waals surface area contributed by atoms with E-state index in [-0.39, 0.29) is 41.8 Å². The second-order valence-electron chi connectivity index (χ2n) is 9.15. The molecule has 3 N–H and O–H groups in total. The van der Waals surface area contributed by atoms with E-state index in [1.165, 1.54) is 65.7 Å². The van der Waals surface area contributed by atoms with Crippen molar-refractivity contribution in [1.29, 1.82) is 5.26 Å². The number of likely N-dealkylation sites (tertiary alicyclic amines) is 1. The number of carbonyl (C=O) groups excluding carboxylic acids is 2. The molecule has 1 aliphatic heterocycles. The number of aromatic nitrogens is 3. The normalized spacial score (nSPS) is 12.7. The molecule has 3 heterocycles. The monoisotopic (exact) mass is 555 g/mol. The highest BCUT2D eigenvalue weighted by molar-refractivity contribution is 6.03. The van der Waals surface area contributed by atoms with Crippen LogP contribution in [0.5, 0.6) is 11.5 Å². The zero-order valence-corrected chi connectivity index (χ0v) is 21.5. The zero-order valence-electron chi connectivity index (χ0n) is 21.5. The summed E-state index contributed by atoms with van der Waals surface area (Å²) in [6.45, 7) is 2.02. The van der Waals surface area contributed by atoms with Crippen LogP contribution >= 0.6 is 0 Å². The van der Waals surface area contributed by atoms with Crippen LogP contribution in [0.15, 0.2) is 71.7 Å². The molecule has 2 aromatic carbocycles. The average molecular weight is 556 g/mol. The van der Waals surface area contributed by atoms with Gasteiger partial charge in [0.05, 0.1) is 36.5 Å². The number of rotatable bonds is 6. The number of nitriles is 1. The Balaban J connectivity index is 1.28. The van der Waals surface area contributed by atoms with E-state index in [0.717, 1.165) is 10.7 Å². The summed E-state index contributed by atoms with van der Waals surface area (Å²) in [5.41, 5.74) is 0.707. The van der Waals surface area contributed by atoms with Gasteiger partial charge in [-0.25, -0.2) is 14.2 Å². The van der Waals surface area contributed by atoms with Crippen LogP contribution in [0.2, 0.25) is 0 Å². The molecule has 1 fully saturated rings. The van der Waals surface area contributed by atoms with Crippen molar-refractivity contribution < 1.29 is 23.8 Å². The molecule has 41 heavy (non-hydrogen) atoms. The highest BCUT2D eigenvalue weighted by Crippen LogP contribution is 2.28. The Kier molecular flexibility index (Phi) is 7.40. The molecule has 0 bridgehead atoms. The lowest BCUT2D eigenvalue weighted by Gasteiger charge is -2.35. The summed E-state index contributed by atoms with van der Waals surface area (Å²) in [5, 5.41) is 27.7. The average Bonchev–Trinajstić information content (AvgIpc) is 2.93. The summed E-state index contributed by atoms with van der Waals surface area (Å²) in [6.07, 6.45) is 0.845. The van der Waals surface area contributed by atoms with Crippen molar-refractivity contribution in [2.45, 2.75) is 13.0 Å². The summed E-state index contributed by atoms with van der Waals surface area (Å²) in [7, 11) is 0. The van der Waals surface area contributed by atoms with E-state index in [0.29, 0.717) is 16.8 Å². The van der Waals surface area contributed by atoms with E-state index in [1.54, 1.807) is 6.92 Å². The minimum absolute atomic E-state index is 0.0474. The maximum absolute atomic E-state index is 14.9. The van der Waals surface area contributed by atoms with Crippen molar-refractivity contribution in [2.24, 2.45) is 0 Å². The first-order chi connectivity index (χ1) is 19.7. The maximum atomic E-state index is 14.9. The lowest BCUT2D eigenvalue weighted by Crippen LogP contribution is -2.54. The number of aliphatic hydroxyl groups excluding tert-OH is 1. The van der Waals surface area contributed by atoms with E-state index in [9.17, 15) is 23.9 Å². The number of β-amino-alcohol motifs (C(OH)–C–C–N with tert-alkyl or cyclic N) is 1. The van der Waals surface area contributed by atoms with Crippen molar-refractivity contribution in [3.63, 3.8) is 0 Å². The molecule has 0 spiro atoms. The van der Waals surface area contributed by atoms with Gasteiger partial charge in [-0.05, 0) is 55.0 Å². The SMILES string of the molecule is Cc1cc(=O)n(-c2ccc(C#N)cc2)nc1C(=O)Nc1ccc(Oc2ccnc(NC(=O)N3CC(O)C3)c2)c(F)c1. The second-order valence-corrected chi connectivity index (χ2v) is 9.15. The lowest BCUT2D eigenvalue weighted by atomic mass is 10.2. The first-order valence-electron chi connectivity index (χ1n) is 12.3. The first kappa shape index (κ1) is 27.0. The zero-order chi connectivity index (χ0) is 29.1. The summed E-state index contributed by atoms with van der Waals surface area (Å²) in [6, 6.07) is 15.7. The first-order valence-corrected chi connectivity index (χ1v) is 12.3. The van der Waals surface area contributed by atoms with E-state index in [1.807, 2.05) is 6.07 Å². The Hall–Kier alpha value is -5.61. The highest BCUT2D eigenvalue weighted by atomic mass is 19.1. The molecule has 1 aliphatic rings. The van der Waals surface area contributed by atoms with Crippen LogP contribution in [0, 0.1) is 24.1 Å². The number of hydrogen-bond acceptors (Lipinski definition) is 8. The van der Waals surface area contributed by atoms with Gasteiger partial charge in [0.25, 0.3) is 11.5 Å². The predicted molar refractivity (Wildman–Crippen MR) is 145 cm³/mol. The van der Waals surface area contributed by atoms with Crippen LogP contribution in [0.1, 0.15) is 21.6 Å². The van der Waals surface area contributed by atoms with Gasteiger partial charge in [-0.2, -0.15) is 15.0 Å². The number of amides is 3. The number of anilines is 2. The van der Waals surface area contributed by atoms with Crippen molar-refractivity contribution in [2.75, 3.05) is 23.7 Å². The van der Waals surface area contributed by atoms with Crippen LogP contribution in [0.3, 0.4) is 0 Å². The standard InChI is InChI=1S/C28H22FN7O5/c1-16-10-25(38)36(19-5-2-17(13-30)3-6-19)34-26(16)27(39)32-18-4-7-23(22(29)11-18)41-21-8-9-31-24(12-21)33-28(40)35-14-20(37)15-35/h2-12,20,37H,14-15H2,1H3,(H,32,39)(H,31,33,40). The number of hydrogen-bond donors (Lipinski definition) is 3. The molecule has 0 aliphatic carbocycles. The molecule has 12 nitrogen and oxygen atoms in total. The van der Waals surface area contributed by atoms with Gasteiger partial charge < -0.3 is 20.1 Å². The van der Waals surface area contributed by atoms with Gasteiger partial charge in [0.1, 0.15) is 11.6 Å². The van der Waals surface area contributed by atoms with E-state index in [2.05, 4.69) is 20.7 Å². The largest absolute Gasteiger partial charge is 0.454 e. The molecule has 3 amide bonds. The molecular weight excluding hydrogens is 533 g/mol. The van der Waals surface area contributed by atoms with Crippen LogP contribution in [0.25, 0.3) is 5.69 Å². The minimum atomic E-state index is -0.771. The number of carbonyl (C=O) groups is 2. The van der Waals surface area contributed by atoms with Gasteiger partial charge in [0.2, 0.25) is 0 Å². The number of ether oxygens (including phenoxy) is 1. The quantitative estimate of drug-likeness (QED) is 0.327. The van der Waals surface area contributed by atoms with Crippen LogP contribution in [-0.4, -0.2) is 55.9 Å². The minimum Gasteiger partial charge on any atom is -0.454 e. The molecule has 0 saturated carbocycles. The van der Waals surface area contributed by atoms with Crippen molar-refractivity contribution >= 4 is 23.4 Å². The smallest absolute Gasteiger partial charge is 0.323 e. The number of aliphatic hydroxyl groups is 1. The van der Waals surface area contributed by atoms with Crippen LogP contribution in [0.4, 0.5) is 20.7 Å². The topological polar surface area (TPSA) is 162 Å². The number of nitrogens with one attached hydrogen (secondary N) is 2. The Bertz CT molecular complexity index is 1740. The number of benzene rings is 2. The highest BCUT2D eigenvalue weighted by Gasteiger charge is 2.29. The Morgan fingerprint density at radius 1 is 1.10 bits per heavy atom. The fourth-order valence-corrected chi connectivity index (χ4v) is 3.96. The number of nitrogens with zero attached hydrogens (tertiary/aromatic N) is 5. The van der Waals surface area contributed by atoms with E-state index >= 15 is 0 Å². The Morgan fingerprint density at radius 3 is 2.54 bits per heavy atom. The Morgan fingerprint density at radius 2 is 1.85 bits per heavy atom. The molecule has 0 radical (unpaired) electrons. The van der Waals surface area contributed by atoms with Gasteiger partial charge in [0.15, 0.2) is 17.3 Å². The number of aryl methyl sites for hydroxylation is 1. The van der Waals surface area contributed by atoms with Gasteiger partial charge in [0, 0.05) is 30.1 Å². The third-order valence-electron chi connectivity index (χ3n) is 6.11. The van der Waals surface area contributed by atoms with Gasteiger partial charge in [-0.1, -0.05) is 0 Å². The fraction of sp³-hybridized carbons (Fsp3) is 0.143. The lowest BCUT2D eigenvalue weighted by molar-refractivity contribution is 0.0308. The Labute approximate surface area is 232 Å². The molecule has 0 atom stereocenters. The molecule has 1 saturated heterocycles. The van der Waals surface area contributed by atoms with Crippen molar-refractivity contribution in [3.05, 3.63) is 99.9 Å². The second kappa shape index (κ2) is 11.2. The fourth-order valence-electron chi connectivity index (χ4n) is 3.96. The number of halogens is 1. The number of pyridine rings is 1. The molecule has 13 heteroatoms. The summed E-state index contributed by atoms with van der Waals surface area (Å²) >= 11 is 0. The molecule has 0 unspecified atom stereocenters. The van der Waals surface area contributed by atoms with Crippen LogP contribution in [-0.2, 0) is 0 Å². The molecular formula is C28H22FN7O5. The molecule has 2 aromatic heterocycles. The van der Waals surface area contributed by atoms with Gasteiger partial charge in [-0.15, -0.1) is 0 Å². The molecule has 206 valence electrons. The summed E-state index contributed by atoms with van der Waals surface area (Å²) < 4.78 is 21.5.